The summed E-state index contributed by atoms with van der Waals surface area (Å²) in [6.07, 6.45) is 1.48. The highest BCUT2D eigenvalue weighted by atomic mass is 19.1. The molecule has 0 aliphatic rings. The van der Waals surface area contributed by atoms with Crippen molar-refractivity contribution in [2.45, 2.75) is 5.92 Å². The second kappa shape index (κ2) is 4.69. The van der Waals surface area contributed by atoms with Gasteiger partial charge in [0.15, 0.2) is 0 Å². The molecule has 86 valence electrons. The minimum Gasteiger partial charge on any atom is -0.369 e. The summed E-state index contributed by atoms with van der Waals surface area (Å²) in [5.74, 6) is -2.05. The third-order valence-corrected chi connectivity index (χ3v) is 2.39. The van der Waals surface area contributed by atoms with Crippen molar-refractivity contribution in [2.75, 3.05) is 0 Å². The van der Waals surface area contributed by atoms with Gasteiger partial charge in [-0.25, -0.2) is 4.39 Å². The minimum absolute atomic E-state index is 0.209. The Labute approximate surface area is 97.3 Å². The highest BCUT2D eigenvalue weighted by Gasteiger charge is 2.24. The van der Waals surface area contributed by atoms with Crippen LogP contribution in [0.1, 0.15) is 17.2 Å². The van der Waals surface area contributed by atoms with Gasteiger partial charge in [-0.05, 0) is 18.2 Å². The maximum absolute atomic E-state index is 13.6. The minimum atomic E-state index is -0.912. The van der Waals surface area contributed by atoms with Crippen LogP contribution in [-0.4, -0.2) is 16.1 Å². The fourth-order valence-corrected chi connectivity index (χ4v) is 1.63. The van der Waals surface area contributed by atoms with E-state index in [0.29, 0.717) is 5.69 Å². The van der Waals surface area contributed by atoms with Crippen LogP contribution in [0.15, 0.2) is 42.6 Å². The molecule has 0 radical (unpaired) electrons. The van der Waals surface area contributed by atoms with Crippen molar-refractivity contribution in [1.29, 1.82) is 0 Å². The van der Waals surface area contributed by atoms with Crippen molar-refractivity contribution < 1.29 is 9.18 Å². The van der Waals surface area contributed by atoms with Gasteiger partial charge in [0.25, 0.3) is 0 Å². The van der Waals surface area contributed by atoms with Crippen LogP contribution in [0.3, 0.4) is 0 Å². The van der Waals surface area contributed by atoms with Gasteiger partial charge in [0, 0.05) is 11.8 Å². The highest BCUT2D eigenvalue weighted by Crippen LogP contribution is 2.24. The molecule has 17 heavy (non-hydrogen) atoms. The van der Waals surface area contributed by atoms with Crippen LogP contribution < -0.4 is 5.73 Å². The molecule has 0 bridgehead atoms. The topological polar surface area (TPSA) is 68.9 Å². The van der Waals surface area contributed by atoms with Gasteiger partial charge in [-0.15, -0.1) is 0 Å². The molecular weight excluding hydrogens is 221 g/mol. The van der Waals surface area contributed by atoms with E-state index in [-0.39, 0.29) is 5.56 Å². The molecule has 0 aliphatic carbocycles. The molecule has 0 spiro atoms. The first-order chi connectivity index (χ1) is 8.20. The van der Waals surface area contributed by atoms with Crippen molar-refractivity contribution in [2.24, 2.45) is 5.73 Å². The summed E-state index contributed by atoms with van der Waals surface area (Å²) >= 11 is 0. The van der Waals surface area contributed by atoms with E-state index in [1.807, 2.05) is 0 Å². The SMILES string of the molecule is NC(=O)C(c1cccnn1)c1ccccc1F. The molecule has 1 amide bonds. The van der Waals surface area contributed by atoms with E-state index < -0.39 is 17.6 Å². The van der Waals surface area contributed by atoms with Crippen molar-refractivity contribution in [3.8, 4) is 0 Å². The first-order valence-corrected chi connectivity index (χ1v) is 5.01. The maximum atomic E-state index is 13.6. The van der Waals surface area contributed by atoms with Gasteiger partial charge in [0.05, 0.1) is 5.69 Å². The van der Waals surface area contributed by atoms with Gasteiger partial charge in [0.1, 0.15) is 11.7 Å². The van der Waals surface area contributed by atoms with E-state index in [0.717, 1.165) is 0 Å². The summed E-state index contributed by atoms with van der Waals surface area (Å²) in [4.78, 5) is 11.4. The molecule has 0 fully saturated rings. The van der Waals surface area contributed by atoms with Crippen LogP contribution in [0.4, 0.5) is 4.39 Å². The second-order valence-corrected chi connectivity index (χ2v) is 3.51. The van der Waals surface area contributed by atoms with Crippen LogP contribution in [-0.2, 0) is 4.79 Å². The molecule has 1 aromatic heterocycles. The fourth-order valence-electron chi connectivity index (χ4n) is 1.63. The normalized spacial score (nSPS) is 12.1. The summed E-state index contributed by atoms with van der Waals surface area (Å²) in [5, 5.41) is 7.46. The van der Waals surface area contributed by atoms with E-state index in [1.165, 1.54) is 18.3 Å². The Morgan fingerprint density at radius 1 is 1.24 bits per heavy atom. The number of nitrogens with zero attached hydrogens (tertiary/aromatic N) is 2. The lowest BCUT2D eigenvalue weighted by Gasteiger charge is -2.13. The number of primary amides is 1. The predicted octanol–water partition coefficient (Wildman–Crippen LogP) is 1.23. The lowest BCUT2D eigenvalue weighted by atomic mass is 9.94. The number of benzene rings is 1. The molecule has 1 unspecified atom stereocenters. The summed E-state index contributed by atoms with van der Waals surface area (Å²) in [6, 6.07) is 9.20. The number of aromatic nitrogens is 2. The summed E-state index contributed by atoms with van der Waals surface area (Å²) in [5.41, 5.74) is 5.84. The van der Waals surface area contributed by atoms with Crippen LogP contribution in [0, 0.1) is 5.82 Å². The van der Waals surface area contributed by atoms with E-state index in [9.17, 15) is 9.18 Å². The Bertz CT molecular complexity index is 530. The standard InChI is InChI=1S/C12H10FN3O/c13-9-5-2-1-4-8(9)11(12(14)17)10-6-3-7-15-16-10/h1-7,11H,(H2,14,17). The first kappa shape index (κ1) is 11.2. The van der Waals surface area contributed by atoms with E-state index in [2.05, 4.69) is 10.2 Å². The van der Waals surface area contributed by atoms with Gasteiger partial charge in [0.2, 0.25) is 5.91 Å². The van der Waals surface area contributed by atoms with Gasteiger partial charge in [-0.1, -0.05) is 18.2 Å². The number of rotatable bonds is 3. The molecule has 0 aliphatic heterocycles. The third kappa shape index (κ3) is 2.28. The predicted molar refractivity (Wildman–Crippen MR) is 59.5 cm³/mol. The molecule has 4 nitrogen and oxygen atoms in total. The summed E-state index contributed by atoms with van der Waals surface area (Å²) in [6.45, 7) is 0. The summed E-state index contributed by atoms with van der Waals surface area (Å²) < 4.78 is 13.6. The van der Waals surface area contributed by atoms with Gasteiger partial charge < -0.3 is 5.73 Å². The lowest BCUT2D eigenvalue weighted by molar-refractivity contribution is -0.118. The van der Waals surface area contributed by atoms with Gasteiger partial charge >= 0.3 is 0 Å². The second-order valence-electron chi connectivity index (χ2n) is 3.51. The molecule has 0 saturated heterocycles. The van der Waals surface area contributed by atoms with Gasteiger partial charge in [-0.2, -0.15) is 10.2 Å². The summed E-state index contributed by atoms with van der Waals surface area (Å²) in [7, 11) is 0. The van der Waals surface area contributed by atoms with Crippen molar-refractivity contribution >= 4 is 5.91 Å². The number of nitrogens with two attached hydrogens (primary N) is 1. The first-order valence-electron chi connectivity index (χ1n) is 5.01. The highest BCUT2D eigenvalue weighted by molar-refractivity contribution is 5.85. The largest absolute Gasteiger partial charge is 0.369 e. The molecule has 2 N–H and O–H groups in total. The molecular formula is C12H10FN3O. The molecule has 1 atom stereocenters. The number of hydrogen-bond acceptors (Lipinski definition) is 3. The number of carbonyl (C=O) groups is 1. The van der Waals surface area contributed by atoms with Crippen molar-refractivity contribution in [3.63, 3.8) is 0 Å². The van der Waals surface area contributed by atoms with E-state index in [4.69, 9.17) is 5.73 Å². The molecule has 0 saturated carbocycles. The van der Waals surface area contributed by atoms with Crippen molar-refractivity contribution in [1.82, 2.24) is 10.2 Å². The zero-order valence-corrected chi connectivity index (χ0v) is 8.88. The lowest BCUT2D eigenvalue weighted by Crippen LogP contribution is -2.24. The Morgan fingerprint density at radius 2 is 2.00 bits per heavy atom. The van der Waals surface area contributed by atoms with Crippen LogP contribution in [0.25, 0.3) is 0 Å². The number of halogens is 1. The number of amides is 1. The number of hydrogen-bond donors (Lipinski definition) is 1. The molecule has 2 aromatic rings. The van der Waals surface area contributed by atoms with Crippen LogP contribution >= 0.6 is 0 Å². The number of carbonyl (C=O) groups excluding carboxylic acids is 1. The average Bonchev–Trinajstić information content (AvgIpc) is 2.33. The van der Waals surface area contributed by atoms with E-state index >= 15 is 0 Å². The Morgan fingerprint density at radius 3 is 2.59 bits per heavy atom. The zero-order valence-electron chi connectivity index (χ0n) is 8.88. The quantitative estimate of drug-likeness (QED) is 0.863. The smallest absolute Gasteiger partial charge is 0.231 e. The molecule has 5 heteroatoms. The van der Waals surface area contributed by atoms with E-state index in [1.54, 1.807) is 24.3 Å². The van der Waals surface area contributed by atoms with Crippen LogP contribution in [0.5, 0.6) is 0 Å². The Hall–Kier alpha value is -2.30. The zero-order chi connectivity index (χ0) is 12.3. The van der Waals surface area contributed by atoms with Crippen molar-refractivity contribution in [3.05, 3.63) is 59.7 Å². The maximum Gasteiger partial charge on any atom is 0.231 e. The van der Waals surface area contributed by atoms with Gasteiger partial charge in [-0.3, -0.25) is 4.79 Å². The van der Waals surface area contributed by atoms with Crippen LogP contribution in [0.2, 0.25) is 0 Å². The molecule has 2 rings (SSSR count). The Balaban J connectivity index is 2.51. The average molecular weight is 231 g/mol. The molecule has 1 aromatic carbocycles. The Kier molecular flexibility index (Phi) is 3.09. The molecule has 1 heterocycles. The monoisotopic (exact) mass is 231 g/mol. The fraction of sp³-hybridized carbons (Fsp3) is 0.0833. The third-order valence-electron chi connectivity index (χ3n) is 2.39.